The van der Waals surface area contributed by atoms with Crippen LogP contribution in [-0.2, 0) is 9.47 Å². The number of hydrogen-bond acceptors (Lipinski definition) is 4. The summed E-state index contributed by atoms with van der Waals surface area (Å²) in [6, 6.07) is 7.52. The van der Waals surface area contributed by atoms with E-state index in [1.807, 2.05) is 12.1 Å². The summed E-state index contributed by atoms with van der Waals surface area (Å²) in [6.45, 7) is 1.35. The lowest BCUT2D eigenvalue weighted by atomic mass is 9.90. The first-order valence-electron chi connectivity index (χ1n) is 7.25. The van der Waals surface area contributed by atoms with E-state index in [4.69, 9.17) is 9.47 Å². The van der Waals surface area contributed by atoms with Crippen LogP contribution in [0.25, 0.3) is 0 Å². The van der Waals surface area contributed by atoms with Gasteiger partial charge in [-0.1, -0.05) is 23.9 Å². The summed E-state index contributed by atoms with van der Waals surface area (Å²) in [5, 5.41) is 3.40. The van der Waals surface area contributed by atoms with Gasteiger partial charge in [-0.25, -0.2) is 0 Å². The number of halogens is 2. The Morgan fingerprint density at radius 1 is 1.14 bits per heavy atom. The molecule has 1 aromatic rings. The average Bonchev–Trinajstić information content (AvgIpc) is 2.92. The number of alkyl halides is 2. The summed E-state index contributed by atoms with van der Waals surface area (Å²) in [4.78, 5) is 0.598. The quantitative estimate of drug-likeness (QED) is 0.848. The molecule has 0 bridgehead atoms. The summed E-state index contributed by atoms with van der Waals surface area (Å²) in [5.41, 5.74) is 0.789. The third-order valence-electron chi connectivity index (χ3n) is 4.02. The molecule has 1 aromatic carbocycles. The van der Waals surface area contributed by atoms with Crippen molar-refractivity contribution in [2.75, 3.05) is 18.5 Å². The van der Waals surface area contributed by atoms with Gasteiger partial charge in [-0.15, -0.1) is 0 Å². The highest BCUT2D eigenvalue weighted by atomic mass is 32.2. The van der Waals surface area contributed by atoms with Crippen molar-refractivity contribution < 1.29 is 18.3 Å². The monoisotopic (exact) mass is 315 g/mol. The van der Waals surface area contributed by atoms with E-state index in [2.05, 4.69) is 5.32 Å². The molecule has 3 rings (SSSR count). The first-order chi connectivity index (χ1) is 10.2. The Morgan fingerprint density at radius 2 is 1.81 bits per heavy atom. The van der Waals surface area contributed by atoms with E-state index in [-0.39, 0.29) is 11.8 Å². The Kier molecular flexibility index (Phi) is 4.66. The molecule has 1 saturated carbocycles. The Balaban J connectivity index is 1.60. The molecule has 0 unspecified atom stereocenters. The maximum Gasteiger partial charge on any atom is 0.288 e. The number of benzene rings is 1. The van der Waals surface area contributed by atoms with Crippen LogP contribution in [0.4, 0.5) is 14.5 Å². The number of nitrogens with one attached hydrogen (secondary N) is 1. The Morgan fingerprint density at radius 3 is 2.48 bits per heavy atom. The van der Waals surface area contributed by atoms with Crippen LogP contribution in [0.15, 0.2) is 29.2 Å². The predicted molar refractivity (Wildman–Crippen MR) is 78.8 cm³/mol. The highest BCUT2D eigenvalue weighted by Gasteiger charge is 2.40. The molecule has 2 fully saturated rings. The molecule has 1 aliphatic heterocycles. The minimum atomic E-state index is -2.40. The van der Waals surface area contributed by atoms with E-state index in [0.29, 0.717) is 29.9 Å². The number of rotatable bonds is 4. The third kappa shape index (κ3) is 3.67. The van der Waals surface area contributed by atoms with E-state index in [0.717, 1.165) is 31.4 Å². The van der Waals surface area contributed by atoms with Gasteiger partial charge in [-0.2, -0.15) is 8.78 Å². The number of thioether (sulfide) groups is 1. The van der Waals surface area contributed by atoms with Gasteiger partial charge in [0.2, 0.25) is 0 Å². The topological polar surface area (TPSA) is 30.5 Å². The van der Waals surface area contributed by atoms with Gasteiger partial charge in [-0.05, 0) is 25.0 Å². The molecule has 1 saturated heterocycles. The van der Waals surface area contributed by atoms with Crippen LogP contribution in [-0.4, -0.2) is 30.8 Å². The van der Waals surface area contributed by atoms with Crippen LogP contribution in [0.1, 0.15) is 25.7 Å². The minimum absolute atomic E-state index is 0.280. The average molecular weight is 315 g/mol. The van der Waals surface area contributed by atoms with Crippen LogP contribution in [0.5, 0.6) is 0 Å². The summed E-state index contributed by atoms with van der Waals surface area (Å²) in [6.07, 6.45) is 3.56. The molecule has 1 N–H and O–H groups in total. The second-order valence-electron chi connectivity index (χ2n) is 5.40. The third-order valence-corrected chi connectivity index (χ3v) is 4.81. The number of hydrogen-bond donors (Lipinski definition) is 1. The molecule has 1 heterocycles. The van der Waals surface area contributed by atoms with Gasteiger partial charge in [0.25, 0.3) is 5.76 Å². The van der Waals surface area contributed by atoms with Crippen molar-refractivity contribution in [3.63, 3.8) is 0 Å². The second kappa shape index (κ2) is 6.50. The molecule has 1 spiro atoms. The van der Waals surface area contributed by atoms with Crippen molar-refractivity contribution in [2.45, 2.75) is 48.2 Å². The Labute approximate surface area is 127 Å². The fourth-order valence-corrected chi connectivity index (χ4v) is 3.60. The lowest BCUT2D eigenvalue weighted by Gasteiger charge is -2.36. The largest absolute Gasteiger partial charge is 0.381 e. The lowest BCUT2D eigenvalue weighted by molar-refractivity contribution is -0.177. The molecule has 3 nitrogen and oxygen atoms in total. The van der Waals surface area contributed by atoms with Gasteiger partial charge in [0.05, 0.1) is 13.2 Å². The minimum Gasteiger partial charge on any atom is -0.381 e. The van der Waals surface area contributed by atoms with Crippen LogP contribution < -0.4 is 5.32 Å². The molecule has 0 aromatic heterocycles. The predicted octanol–water partition coefficient (Wildman–Crippen LogP) is 4.10. The fraction of sp³-hybridized carbons (Fsp3) is 0.600. The smallest absolute Gasteiger partial charge is 0.288 e. The molecule has 6 heteroatoms. The van der Waals surface area contributed by atoms with Gasteiger partial charge in [0.1, 0.15) is 0 Å². The molecule has 0 radical (unpaired) electrons. The molecule has 0 atom stereocenters. The number of anilines is 1. The molecular formula is C15H19F2NO2S. The maximum atomic E-state index is 12.6. The van der Waals surface area contributed by atoms with Crippen molar-refractivity contribution in [1.29, 1.82) is 0 Å². The summed E-state index contributed by atoms with van der Waals surface area (Å²) in [5.74, 6) is -2.78. The Bertz CT molecular complexity index is 470. The lowest BCUT2D eigenvalue weighted by Crippen LogP contribution is -2.39. The van der Waals surface area contributed by atoms with Crippen molar-refractivity contribution in [2.24, 2.45) is 0 Å². The molecule has 0 amide bonds. The molecule has 2 aliphatic rings. The van der Waals surface area contributed by atoms with Gasteiger partial charge < -0.3 is 14.8 Å². The molecule has 116 valence electrons. The van der Waals surface area contributed by atoms with Gasteiger partial charge >= 0.3 is 0 Å². The fourth-order valence-electron chi connectivity index (χ4n) is 2.99. The highest BCUT2D eigenvalue weighted by molar-refractivity contribution is 7.99. The molecule has 21 heavy (non-hydrogen) atoms. The van der Waals surface area contributed by atoms with E-state index < -0.39 is 5.76 Å². The SMILES string of the molecule is FC(F)Sc1ccccc1NC1CCC2(CC1)OCCO2. The van der Waals surface area contributed by atoms with Gasteiger partial charge in [-0.3, -0.25) is 0 Å². The van der Waals surface area contributed by atoms with Crippen LogP contribution in [0.2, 0.25) is 0 Å². The molecular weight excluding hydrogens is 296 g/mol. The molecule has 1 aliphatic carbocycles. The van der Waals surface area contributed by atoms with Crippen molar-refractivity contribution >= 4 is 17.4 Å². The zero-order chi connectivity index (χ0) is 14.7. The van der Waals surface area contributed by atoms with Crippen molar-refractivity contribution in [1.82, 2.24) is 0 Å². The number of para-hydroxylation sites is 1. The highest BCUT2D eigenvalue weighted by Crippen LogP contribution is 2.38. The summed E-state index contributed by atoms with van der Waals surface area (Å²) in [7, 11) is 0. The van der Waals surface area contributed by atoms with Crippen LogP contribution in [0.3, 0.4) is 0 Å². The maximum absolute atomic E-state index is 12.6. The van der Waals surface area contributed by atoms with Crippen LogP contribution in [0, 0.1) is 0 Å². The van der Waals surface area contributed by atoms with Gasteiger partial charge in [0, 0.05) is 29.5 Å². The van der Waals surface area contributed by atoms with E-state index in [1.54, 1.807) is 12.1 Å². The zero-order valence-corrected chi connectivity index (χ0v) is 12.5. The van der Waals surface area contributed by atoms with Crippen LogP contribution >= 0.6 is 11.8 Å². The second-order valence-corrected chi connectivity index (χ2v) is 6.43. The van der Waals surface area contributed by atoms with Crippen molar-refractivity contribution in [3.8, 4) is 0 Å². The zero-order valence-electron chi connectivity index (χ0n) is 11.7. The van der Waals surface area contributed by atoms with Gasteiger partial charge in [0.15, 0.2) is 5.79 Å². The van der Waals surface area contributed by atoms with E-state index in [9.17, 15) is 8.78 Å². The summed E-state index contributed by atoms with van der Waals surface area (Å²) < 4.78 is 36.6. The first kappa shape index (κ1) is 15.1. The van der Waals surface area contributed by atoms with E-state index in [1.165, 1.54) is 0 Å². The van der Waals surface area contributed by atoms with Crippen molar-refractivity contribution in [3.05, 3.63) is 24.3 Å². The standard InChI is InChI=1S/C15H19F2NO2S/c16-14(17)21-13-4-2-1-3-12(13)18-11-5-7-15(8-6-11)19-9-10-20-15/h1-4,11,14,18H,5-10H2. The number of ether oxygens (including phenoxy) is 2. The first-order valence-corrected chi connectivity index (χ1v) is 8.13. The normalized spacial score (nSPS) is 22.0. The summed E-state index contributed by atoms with van der Waals surface area (Å²) >= 11 is 0.587. The van der Waals surface area contributed by atoms with E-state index >= 15 is 0 Å². The Hall–Kier alpha value is -0.850.